The molecule has 8 nitrogen and oxygen atoms in total. The number of aliphatic hydroxyl groups is 3. The summed E-state index contributed by atoms with van der Waals surface area (Å²) < 4.78 is 16.1. The van der Waals surface area contributed by atoms with E-state index in [0.717, 1.165) is 25.7 Å². The molecule has 3 N–H and O–H groups in total. The molecule has 8 atom stereocenters. The third kappa shape index (κ3) is 7.27. The SMILES string of the molecule is CCCCCC[C@H](O)/C=C/C(=O)O[C@@H]1[C@@H](C)[C@H](O)[C@@](C)([C@@H](O)[C@@H](C)C(=O)OC)O[C@H]1C. The number of methoxy groups -OCH3 is 1. The van der Waals surface area contributed by atoms with E-state index in [0.29, 0.717) is 6.42 Å². The fourth-order valence-corrected chi connectivity index (χ4v) is 4.16. The second-order valence-electron chi connectivity index (χ2n) is 8.74. The first-order chi connectivity index (χ1) is 14.5. The number of aliphatic hydroxyl groups excluding tert-OH is 3. The van der Waals surface area contributed by atoms with Gasteiger partial charge >= 0.3 is 11.9 Å². The van der Waals surface area contributed by atoms with Crippen LogP contribution in [0.3, 0.4) is 0 Å². The molecule has 1 saturated heterocycles. The molecule has 0 aromatic rings. The fourth-order valence-electron chi connectivity index (χ4n) is 4.16. The predicted octanol–water partition coefficient (Wildman–Crippen LogP) is 2.13. The monoisotopic (exact) mass is 444 g/mol. The molecule has 0 unspecified atom stereocenters. The van der Waals surface area contributed by atoms with Crippen LogP contribution in [-0.2, 0) is 23.8 Å². The first kappa shape index (κ1) is 27.6. The van der Waals surface area contributed by atoms with Crippen molar-refractivity contribution in [2.45, 2.75) is 103 Å². The number of hydrogen-bond acceptors (Lipinski definition) is 8. The predicted molar refractivity (Wildman–Crippen MR) is 115 cm³/mol. The Kier molecular flexibility index (Phi) is 11.1. The lowest BCUT2D eigenvalue weighted by molar-refractivity contribution is -0.276. The van der Waals surface area contributed by atoms with Crippen molar-refractivity contribution in [3.8, 4) is 0 Å². The molecule has 0 amide bonds. The average molecular weight is 445 g/mol. The van der Waals surface area contributed by atoms with E-state index >= 15 is 0 Å². The van der Waals surface area contributed by atoms with Crippen LogP contribution in [0.1, 0.15) is 66.7 Å². The number of rotatable bonds is 11. The van der Waals surface area contributed by atoms with Crippen LogP contribution < -0.4 is 0 Å². The summed E-state index contributed by atoms with van der Waals surface area (Å²) in [5.74, 6) is -2.73. The lowest BCUT2D eigenvalue weighted by Gasteiger charge is -2.50. The number of hydrogen-bond donors (Lipinski definition) is 3. The van der Waals surface area contributed by atoms with E-state index in [9.17, 15) is 24.9 Å². The molecule has 1 heterocycles. The summed E-state index contributed by atoms with van der Waals surface area (Å²) in [7, 11) is 1.22. The van der Waals surface area contributed by atoms with E-state index in [2.05, 4.69) is 11.7 Å². The van der Waals surface area contributed by atoms with Gasteiger partial charge in [0.2, 0.25) is 0 Å². The van der Waals surface area contributed by atoms with Gasteiger partial charge in [-0.05, 0) is 33.3 Å². The van der Waals surface area contributed by atoms with Crippen molar-refractivity contribution in [1.82, 2.24) is 0 Å². The summed E-state index contributed by atoms with van der Waals surface area (Å²) in [6.45, 7) is 8.52. The van der Waals surface area contributed by atoms with Gasteiger partial charge in [0, 0.05) is 12.0 Å². The Labute approximate surface area is 185 Å². The summed E-state index contributed by atoms with van der Waals surface area (Å²) in [6, 6.07) is 0. The van der Waals surface area contributed by atoms with Crippen LogP contribution in [0.15, 0.2) is 12.2 Å². The minimum atomic E-state index is -1.44. The molecule has 8 heteroatoms. The number of ether oxygens (including phenoxy) is 3. The minimum absolute atomic E-state index is 0.565. The highest BCUT2D eigenvalue weighted by Gasteiger charge is 2.55. The lowest BCUT2D eigenvalue weighted by Crippen LogP contribution is -2.66. The van der Waals surface area contributed by atoms with E-state index in [-0.39, 0.29) is 0 Å². The first-order valence-corrected chi connectivity index (χ1v) is 11.2. The topological polar surface area (TPSA) is 123 Å². The highest BCUT2D eigenvalue weighted by molar-refractivity contribution is 5.82. The van der Waals surface area contributed by atoms with Gasteiger partial charge in [0.15, 0.2) is 0 Å². The Morgan fingerprint density at radius 2 is 1.84 bits per heavy atom. The third-order valence-electron chi connectivity index (χ3n) is 6.20. The normalized spacial score (nSPS) is 31.8. The van der Waals surface area contributed by atoms with Crippen molar-refractivity contribution in [2.24, 2.45) is 11.8 Å². The molecule has 1 aliphatic rings. The summed E-state index contributed by atoms with van der Waals surface area (Å²) in [6.07, 6.45) is 2.70. The second kappa shape index (κ2) is 12.5. The van der Waals surface area contributed by atoms with Crippen LogP contribution in [0.5, 0.6) is 0 Å². The Morgan fingerprint density at radius 3 is 2.42 bits per heavy atom. The molecule has 0 radical (unpaired) electrons. The number of carbonyl (C=O) groups excluding carboxylic acids is 2. The van der Waals surface area contributed by atoms with Crippen LogP contribution >= 0.6 is 0 Å². The zero-order valence-corrected chi connectivity index (χ0v) is 19.6. The lowest BCUT2D eigenvalue weighted by atomic mass is 9.75. The summed E-state index contributed by atoms with van der Waals surface area (Å²) >= 11 is 0. The van der Waals surface area contributed by atoms with E-state index in [1.165, 1.54) is 33.1 Å². The highest BCUT2D eigenvalue weighted by Crippen LogP contribution is 2.39. The molecule has 180 valence electrons. The van der Waals surface area contributed by atoms with Crippen LogP contribution in [0.2, 0.25) is 0 Å². The quantitative estimate of drug-likeness (QED) is 0.252. The van der Waals surface area contributed by atoms with Gasteiger partial charge in [-0.25, -0.2) is 4.79 Å². The molecule has 0 aliphatic carbocycles. The van der Waals surface area contributed by atoms with Crippen molar-refractivity contribution in [3.63, 3.8) is 0 Å². The van der Waals surface area contributed by atoms with Gasteiger partial charge in [-0.2, -0.15) is 0 Å². The van der Waals surface area contributed by atoms with Crippen LogP contribution in [0.25, 0.3) is 0 Å². The van der Waals surface area contributed by atoms with Gasteiger partial charge in [0.1, 0.15) is 11.7 Å². The van der Waals surface area contributed by atoms with Gasteiger partial charge in [-0.1, -0.05) is 39.5 Å². The van der Waals surface area contributed by atoms with Crippen molar-refractivity contribution in [2.75, 3.05) is 7.11 Å². The van der Waals surface area contributed by atoms with Crippen molar-refractivity contribution < 1.29 is 39.1 Å². The molecule has 0 bridgehead atoms. The molecule has 0 spiro atoms. The van der Waals surface area contributed by atoms with Crippen LogP contribution in [0, 0.1) is 11.8 Å². The van der Waals surface area contributed by atoms with Gasteiger partial charge in [-0.3, -0.25) is 4.79 Å². The molecular formula is C23H40O8. The number of esters is 2. The van der Waals surface area contributed by atoms with Gasteiger partial charge in [-0.15, -0.1) is 0 Å². The van der Waals surface area contributed by atoms with Crippen molar-refractivity contribution >= 4 is 11.9 Å². The van der Waals surface area contributed by atoms with Gasteiger partial charge in [0.25, 0.3) is 0 Å². The van der Waals surface area contributed by atoms with E-state index in [4.69, 9.17) is 9.47 Å². The summed E-state index contributed by atoms with van der Waals surface area (Å²) in [5.41, 5.74) is -1.44. The first-order valence-electron chi connectivity index (χ1n) is 11.2. The molecule has 0 aromatic heterocycles. The third-order valence-corrected chi connectivity index (χ3v) is 6.20. The van der Waals surface area contributed by atoms with Gasteiger partial charge in [0.05, 0.1) is 37.4 Å². The zero-order chi connectivity index (χ0) is 23.8. The van der Waals surface area contributed by atoms with Crippen molar-refractivity contribution in [1.29, 1.82) is 0 Å². The molecule has 1 rings (SSSR count). The fraction of sp³-hybridized carbons (Fsp3) is 0.826. The summed E-state index contributed by atoms with van der Waals surface area (Å²) in [4.78, 5) is 24.1. The minimum Gasteiger partial charge on any atom is -0.469 e. The Morgan fingerprint density at radius 1 is 1.19 bits per heavy atom. The molecule has 31 heavy (non-hydrogen) atoms. The highest BCUT2D eigenvalue weighted by atomic mass is 16.6. The summed E-state index contributed by atoms with van der Waals surface area (Å²) in [5, 5.41) is 31.5. The second-order valence-corrected chi connectivity index (χ2v) is 8.74. The van der Waals surface area contributed by atoms with E-state index in [1.807, 2.05) is 0 Å². The van der Waals surface area contributed by atoms with Crippen LogP contribution in [-0.4, -0.2) is 70.5 Å². The Bertz CT molecular complexity index is 606. The maximum Gasteiger partial charge on any atom is 0.330 e. The van der Waals surface area contributed by atoms with E-state index in [1.54, 1.807) is 13.8 Å². The molecule has 0 aromatic carbocycles. The molecule has 0 saturated carbocycles. The average Bonchev–Trinajstić information content (AvgIpc) is 2.75. The Balaban J connectivity index is 2.74. The molecule has 1 fully saturated rings. The number of carbonyl (C=O) groups is 2. The van der Waals surface area contributed by atoms with Crippen LogP contribution in [0.4, 0.5) is 0 Å². The standard InChI is InChI=1S/C23H40O8/c1-7-8-9-10-11-17(24)12-13-18(25)30-19-14(2)20(26)23(5,31-16(19)4)21(27)15(3)22(28)29-6/h12-17,19-21,24,26-27H,7-11H2,1-6H3/b13-12+/t14-,15-,16+,17+,19-,20+,21+,23+/m1/s1. The smallest absolute Gasteiger partial charge is 0.330 e. The van der Waals surface area contributed by atoms with Gasteiger partial charge < -0.3 is 29.5 Å². The zero-order valence-electron chi connectivity index (χ0n) is 19.6. The maximum atomic E-state index is 12.3. The number of unbranched alkanes of at least 4 members (excludes halogenated alkanes) is 3. The Hall–Kier alpha value is -1.48. The maximum absolute atomic E-state index is 12.3. The largest absolute Gasteiger partial charge is 0.469 e. The molecular weight excluding hydrogens is 404 g/mol. The molecule has 1 aliphatic heterocycles. The van der Waals surface area contributed by atoms with E-state index < -0.39 is 59.9 Å². The van der Waals surface area contributed by atoms with Crippen molar-refractivity contribution in [3.05, 3.63) is 12.2 Å².